The Morgan fingerprint density at radius 3 is 2.66 bits per heavy atom. The maximum absolute atomic E-state index is 13.3. The number of aryl methyl sites for hydroxylation is 1. The molecule has 8 nitrogen and oxygen atoms in total. The predicted molar refractivity (Wildman–Crippen MR) is 156 cm³/mol. The number of aliphatic imine (C=N–C) groups is 1. The minimum absolute atomic E-state index is 0.0678. The number of nitrogens with one attached hydrogen (secondary N) is 3. The molecule has 3 rings (SSSR count). The van der Waals surface area contributed by atoms with Crippen molar-refractivity contribution in [1.29, 1.82) is 5.41 Å². The molecule has 1 aliphatic carbocycles. The fourth-order valence-corrected chi connectivity index (χ4v) is 4.48. The van der Waals surface area contributed by atoms with Crippen LogP contribution in [0.3, 0.4) is 0 Å². The van der Waals surface area contributed by atoms with Crippen LogP contribution >= 0.6 is 0 Å². The van der Waals surface area contributed by atoms with E-state index in [2.05, 4.69) is 39.8 Å². The highest BCUT2D eigenvalue weighted by atomic mass is 16.2. The molecular formula is C30H38N6O2. The molecule has 38 heavy (non-hydrogen) atoms. The standard InChI is InChI=1S/C30H38N6O2/c1-6-22(19-36(4)5)27-11-9-7-8-10-24(17-33-27)26(16-31)30(38)35-28-15-25(18-32-21(28)3)34-29(37)23-13-12-20(2)14-23/h6,11,15-19,23,31H,1-2,7-10,12-14H2,3-5H3,(H,34,37)(H,35,38)/b22-19+,26-24-,27-11-,31-16?,33-17-. The largest absolute Gasteiger partial charge is 0.383 e. The SMILES string of the molecule is C=CC(=C\N(C)C)/C1=C/CCCCC(=C(\C=N)C(=O)Nc2cc(NC(=O)C3CCC(=C)C3)cnc2C)/C=N\1. The summed E-state index contributed by atoms with van der Waals surface area (Å²) < 4.78 is 0. The lowest BCUT2D eigenvalue weighted by molar-refractivity contribution is -0.119. The molecule has 1 saturated carbocycles. The average molecular weight is 515 g/mol. The van der Waals surface area contributed by atoms with Crippen LogP contribution in [0.2, 0.25) is 0 Å². The van der Waals surface area contributed by atoms with E-state index in [4.69, 9.17) is 5.41 Å². The summed E-state index contributed by atoms with van der Waals surface area (Å²) in [5.41, 5.74) is 5.30. The number of anilines is 2. The number of carbonyl (C=O) groups is 2. The van der Waals surface area contributed by atoms with Gasteiger partial charge in [0.25, 0.3) is 5.91 Å². The summed E-state index contributed by atoms with van der Waals surface area (Å²) in [5, 5.41) is 13.8. The van der Waals surface area contributed by atoms with Gasteiger partial charge in [-0.15, -0.1) is 0 Å². The van der Waals surface area contributed by atoms with E-state index in [9.17, 15) is 9.59 Å². The number of hydrogen-bond acceptors (Lipinski definition) is 6. The van der Waals surface area contributed by atoms with E-state index in [0.717, 1.165) is 55.2 Å². The van der Waals surface area contributed by atoms with Crippen LogP contribution in [-0.4, -0.2) is 48.2 Å². The van der Waals surface area contributed by atoms with E-state index in [1.807, 2.05) is 25.2 Å². The van der Waals surface area contributed by atoms with Gasteiger partial charge in [0, 0.05) is 44.2 Å². The highest BCUT2D eigenvalue weighted by molar-refractivity contribution is 6.20. The maximum Gasteiger partial charge on any atom is 0.257 e. The molecule has 0 spiro atoms. The summed E-state index contributed by atoms with van der Waals surface area (Å²) in [4.78, 5) is 36.9. The Balaban J connectivity index is 1.83. The van der Waals surface area contributed by atoms with Crippen LogP contribution in [0.4, 0.5) is 11.4 Å². The second-order valence-electron chi connectivity index (χ2n) is 9.92. The van der Waals surface area contributed by atoms with Crippen molar-refractivity contribution >= 4 is 35.6 Å². The third-order valence-electron chi connectivity index (χ3n) is 6.60. The predicted octanol–water partition coefficient (Wildman–Crippen LogP) is 5.73. The molecule has 1 aromatic heterocycles. The summed E-state index contributed by atoms with van der Waals surface area (Å²) in [5.74, 6) is -0.576. The van der Waals surface area contributed by atoms with Crippen molar-refractivity contribution in [2.24, 2.45) is 10.9 Å². The minimum atomic E-state index is -0.417. The molecule has 1 aromatic rings. The van der Waals surface area contributed by atoms with E-state index in [0.29, 0.717) is 35.5 Å². The summed E-state index contributed by atoms with van der Waals surface area (Å²) in [6.07, 6.45) is 15.8. The van der Waals surface area contributed by atoms with Gasteiger partial charge in [-0.2, -0.15) is 0 Å². The zero-order valence-electron chi connectivity index (χ0n) is 22.6. The molecule has 2 amide bonds. The Labute approximate surface area is 225 Å². The molecule has 8 heteroatoms. The van der Waals surface area contributed by atoms with Crippen LogP contribution in [-0.2, 0) is 9.59 Å². The zero-order valence-corrected chi connectivity index (χ0v) is 22.6. The Morgan fingerprint density at radius 1 is 1.21 bits per heavy atom. The number of aromatic nitrogens is 1. The molecule has 0 radical (unpaired) electrons. The lowest BCUT2D eigenvalue weighted by Gasteiger charge is -2.14. The molecule has 0 bridgehead atoms. The van der Waals surface area contributed by atoms with Gasteiger partial charge in [0.1, 0.15) is 0 Å². The molecule has 0 aromatic carbocycles. The van der Waals surface area contributed by atoms with Crippen LogP contribution in [0.5, 0.6) is 0 Å². The van der Waals surface area contributed by atoms with E-state index < -0.39 is 5.91 Å². The number of nitrogens with zero attached hydrogens (tertiary/aromatic N) is 3. The third-order valence-corrected chi connectivity index (χ3v) is 6.60. The van der Waals surface area contributed by atoms with Crippen molar-refractivity contribution in [2.45, 2.75) is 51.9 Å². The third kappa shape index (κ3) is 7.71. The molecule has 200 valence electrons. The van der Waals surface area contributed by atoms with E-state index in [1.165, 1.54) is 0 Å². The number of rotatable bonds is 8. The summed E-state index contributed by atoms with van der Waals surface area (Å²) in [6, 6.07) is 1.70. The van der Waals surface area contributed by atoms with Crippen molar-refractivity contribution in [1.82, 2.24) is 9.88 Å². The van der Waals surface area contributed by atoms with Gasteiger partial charge < -0.3 is 20.9 Å². The van der Waals surface area contributed by atoms with Gasteiger partial charge in [-0.1, -0.05) is 30.9 Å². The molecule has 1 fully saturated rings. The Morgan fingerprint density at radius 2 is 2.00 bits per heavy atom. The number of pyridine rings is 1. The number of hydrogen-bond donors (Lipinski definition) is 3. The Bertz CT molecular complexity index is 1240. The van der Waals surface area contributed by atoms with Gasteiger partial charge in [0.05, 0.1) is 34.5 Å². The zero-order chi connectivity index (χ0) is 27.7. The first-order valence-electron chi connectivity index (χ1n) is 13.0. The Hall–Kier alpha value is -4.07. The van der Waals surface area contributed by atoms with Crippen LogP contribution in [0.1, 0.15) is 50.6 Å². The van der Waals surface area contributed by atoms with Crippen molar-refractivity contribution < 1.29 is 9.59 Å². The lowest BCUT2D eigenvalue weighted by Crippen LogP contribution is -2.21. The fourth-order valence-electron chi connectivity index (χ4n) is 4.48. The average Bonchev–Trinajstić information content (AvgIpc) is 3.36. The lowest BCUT2D eigenvalue weighted by atomic mass is 10.0. The number of carbonyl (C=O) groups excluding carboxylic acids is 2. The maximum atomic E-state index is 13.3. The van der Waals surface area contributed by atoms with Gasteiger partial charge >= 0.3 is 0 Å². The first-order chi connectivity index (χ1) is 18.2. The fraction of sp³-hybridized carbons (Fsp3) is 0.367. The Kier molecular flexibility index (Phi) is 10.1. The molecule has 0 saturated heterocycles. The molecule has 1 aliphatic heterocycles. The summed E-state index contributed by atoms with van der Waals surface area (Å²) in [6.45, 7) is 9.67. The molecule has 2 aliphatic rings. The van der Waals surface area contributed by atoms with Crippen LogP contribution in [0, 0.1) is 18.3 Å². The van der Waals surface area contributed by atoms with Gasteiger partial charge in [-0.25, -0.2) is 0 Å². The molecule has 2 heterocycles. The monoisotopic (exact) mass is 514 g/mol. The quantitative estimate of drug-likeness (QED) is 0.178. The van der Waals surface area contributed by atoms with E-state index in [-0.39, 0.29) is 17.4 Å². The first kappa shape index (κ1) is 28.5. The second kappa shape index (κ2) is 13.5. The van der Waals surface area contributed by atoms with Crippen LogP contribution in [0.25, 0.3) is 0 Å². The normalized spacial score (nSPS) is 21.7. The number of allylic oxidation sites excluding steroid dienone is 4. The van der Waals surface area contributed by atoms with Gasteiger partial charge in [-0.05, 0) is 63.5 Å². The van der Waals surface area contributed by atoms with Crippen LogP contribution < -0.4 is 10.6 Å². The van der Waals surface area contributed by atoms with Crippen LogP contribution in [0.15, 0.2) is 76.8 Å². The summed E-state index contributed by atoms with van der Waals surface area (Å²) >= 11 is 0. The highest BCUT2D eigenvalue weighted by Crippen LogP contribution is 2.30. The van der Waals surface area contributed by atoms with E-state index >= 15 is 0 Å². The smallest absolute Gasteiger partial charge is 0.257 e. The van der Waals surface area contributed by atoms with Crippen molar-refractivity contribution in [3.8, 4) is 0 Å². The van der Waals surface area contributed by atoms with Gasteiger partial charge in [0.15, 0.2) is 0 Å². The topological polar surface area (TPSA) is 111 Å². The van der Waals surface area contributed by atoms with Gasteiger partial charge in [-0.3, -0.25) is 19.6 Å². The molecule has 1 atom stereocenters. The van der Waals surface area contributed by atoms with Gasteiger partial charge in [0.2, 0.25) is 5.91 Å². The molecular weight excluding hydrogens is 476 g/mol. The van der Waals surface area contributed by atoms with E-state index in [1.54, 1.807) is 31.5 Å². The van der Waals surface area contributed by atoms with Crippen molar-refractivity contribution in [3.05, 3.63) is 77.5 Å². The molecule has 1 unspecified atom stereocenters. The minimum Gasteiger partial charge on any atom is -0.383 e. The second-order valence-corrected chi connectivity index (χ2v) is 9.92. The first-order valence-corrected chi connectivity index (χ1v) is 13.0. The van der Waals surface area contributed by atoms with Crippen molar-refractivity contribution in [2.75, 3.05) is 24.7 Å². The van der Waals surface area contributed by atoms with Crippen molar-refractivity contribution in [3.63, 3.8) is 0 Å². The highest BCUT2D eigenvalue weighted by Gasteiger charge is 2.25. The summed E-state index contributed by atoms with van der Waals surface area (Å²) in [7, 11) is 3.88. The number of amides is 2. The molecule has 3 N–H and O–H groups in total.